The summed E-state index contributed by atoms with van der Waals surface area (Å²) in [5.41, 5.74) is 5.00. The summed E-state index contributed by atoms with van der Waals surface area (Å²) in [6.45, 7) is 5.58. The first-order chi connectivity index (χ1) is 10.9. The quantitative estimate of drug-likeness (QED) is 0.468. The standard InChI is InChI=1S/C12H16N6O3S2/c1-3-16(4-2)12(22)23-6-7-5-8(19)17-11(14-7)9(18(20)21)10(13)15-17/h5,15H,3-4,6,13H2,1-2H3. The number of aromatic amines is 1. The zero-order chi connectivity index (χ0) is 17.1. The third-order valence-electron chi connectivity index (χ3n) is 3.22. The molecule has 2 aromatic rings. The maximum Gasteiger partial charge on any atom is 0.354 e. The number of fused-ring (bicyclic) bond motifs is 1. The number of hydrogen-bond donors (Lipinski definition) is 2. The van der Waals surface area contributed by atoms with E-state index in [4.69, 9.17) is 18.0 Å². The average Bonchev–Trinajstić information content (AvgIpc) is 2.83. The molecule has 0 aliphatic rings. The summed E-state index contributed by atoms with van der Waals surface area (Å²) in [6.07, 6.45) is 0. The molecule has 2 aromatic heterocycles. The van der Waals surface area contributed by atoms with Crippen LogP contribution in [0.4, 0.5) is 11.5 Å². The molecule has 3 N–H and O–H groups in total. The molecular weight excluding hydrogens is 340 g/mol. The number of aromatic nitrogens is 3. The van der Waals surface area contributed by atoms with Gasteiger partial charge in [0.15, 0.2) is 5.82 Å². The first kappa shape index (κ1) is 17.2. The molecule has 23 heavy (non-hydrogen) atoms. The molecule has 2 heterocycles. The molecular formula is C12H16N6O3S2. The number of nitrogens with two attached hydrogens (primary N) is 1. The van der Waals surface area contributed by atoms with Gasteiger partial charge in [0.1, 0.15) is 4.32 Å². The number of H-pyrrole nitrogens is 1. The van der Waals surface area contributed by atoms with Gasteiger partial charge in [-0.2, -0.15) is 4.52 Å². The van der Waals surface area contributed by atoms with Crippen molar-refractivity contribution in [3.63, 3.8) is 0 Å². The Morgan fingerprint density at radius 1 is 1.57 bits per heavy atom. The summed E-state index contributed by atoms with van der Waals surface area (Å²) in [5.74, 6) is 0.145. The highest BCUT2D eigenvalue weighted by atomic mass is 32.2. The van der Waals surface area contributed by atoms with Crippen LogP contribution in [0.1, 0.15) is 19.5 Å². The second-order valence-corrected chi connectivity index (χ2v) is 6.21. The van der Waals surface area contributed by atoms with Crippen molar-refractivity contribution in [3.8, 4) is 0 Å². The van der Waals surface area contributed by atoms with E-state index < -0.39 is 16.2 Å². The molecule has 0 aliphatic carbocycles. The van der Waals surface area contributed by atoms with E-state index in [1.807, 2.05) is 18.7 Å². The van der Waals surface area contributed by atoms with Crippen molar-refractivity contribution < 1.29 is 4.92 Å². The molecule has 0 aromatic carbocycles. The van der Waals surface area contributed by atoms with Crippen LogP contribution in [-0.2, 0) is 5.75 Å². The molecule has 0 unspecified atom stereocenters. The molecule has 0 bridgehead atoms. The third kappa shape index (κ3) is 3.45. The van der Waals surface area contributed by atoms with Gasteiger partial charge in [0, 0.05) is 24.9 Å². The molecule has 0 saturated heterocycles. The molecule has 124 valence electrons. The van der Waals surface area contributed by atoms with E-state index in [-0.39, 0.29) is 11.5 Å². The molecule has 2 rings (SSSR count). The van der Waals surface area contributed by atoms with E-state index in [1.165, 1.54) is 17.8 Å². The number of anilines is 1. The van der Waals surface area contributed by atoms with E-state index >= 15 is 0 Å². The smallest absolute Gasteiger partial charge is 0.354 e. The molecule has 0 saturated carbocycles. The molecule has 11 heteroatoms. The van der Waals surface area contributed by atoms with Crippen molar-refractivity contribution in [3.05, 3.63) is 32.2 Å². The first-order valence-electron chi connectivity index (χ1n) is 6.85. The van der Waals surface area contributed by atoms with Crippen LogP contribution in [0.5, 0.6) is 0 Å². The summed E-state index contributed by atoms with van der Waals surface area (Å²) in [5, 5.41) is 13.5. The molecule has 0 aliphatic heterocycles. The second-order valence-electron chi connectivity index (χ2n) is 4.60. The van der Waals surface area contributed by atoms with Crippen molar-refractivity contribution in [2.75, 3.05) is 18.8 Å². The Labute approximate surface area is 141 Å². The highest BCUT2D eigenvalue weighted by molar-refractivity contribution is 8.22. The number of nitro groups is 1. The molecule has 0 amide bonds. The Balaban J connectivity index is 2.32. The lowest BCUT2D eigenvalue weighted by molar-refractivity contribution is -0.382. The Bertz CT molecular complexity index is 811. The van der Waals surface area contributed by atoms with Crippen LogP contribution in [-0.4, -0.2) is 41.8 Å². The van der Waals surface area contributed by atoms with Crippen molar-refractivity contribution in [1.82, 2.24) is 19.5 Å². The van der Waals surface area contributed by atoms with Crippen LogP contribution in [0.25, 0.3) is 5.65 Å². The van der Waals surface area contributed by atoms with Crippen LogP contribution >= 0.6 is 24.0 Å². The fourth-order valence-corrected chi connectivity index (χ4v) is 3.35. The van der Waals surface area contributed by atoms with Crippen LogP contribution in [0, 0.1) is 10.1 Å². The van der Waals surface area contributed by atoms with Gasteiger partial charge >= 0.3 is 5.69 Å². The van der Waals surface area contributed by atoms with E-state index in [0.717, 1.165) is 17.6 Å². The van der Waals surface area contributed by atoms with Crippen molar-refractivity contribution in [2.45, 2.75) is 19.6 Å². The highest BCUT2D eigenvalue weighted by Crippen LogP contribution is 2.24. The number of thiocarbonyl (C=S) groups is 1. The SMILES string of the molecule is CCN(CC)C(=S)SCc1cc(=O)n2[nH]c(N)c([N+](=O)[O-])c2n1. The predicted octanol–water partition coefficient (Wildman–Crippen LogP) is 1.37. The Morgan fingerprint density at radius 3 is 2.78 bits per heavy atom. The zero-order valence-electron chi connectivity index (χ0n) is 12.6. The number of thioether (sulfide) groups is 1. The molecule has 0 spiro atoms. The van der Waals surface area contributed by atoms with Crippen LogP contribution in [0.15, 0.2) is 10.9 Å². The maximum absolute atomic E-state index is 12.0. The third-order valence-corrected chi connectivity index (χ3v) is 4.78. The summed E-state index contributed by atoms with van der Waals surface area (Å²) in [4.78, 5) is 28.6. The lowest BCUT2D eigenvalue weighted by Crippen LogP contribution is -2.26. The van der Waals surface area contributed by atoms with E-state index in [1.54, 1.807) is 0 Å². The van der Waals surface area contributed by atoms with Crippen molar-refractivity contribution in [1.29, 1.82) is 0 Å². The number of nitrogen functional groups attached to an aromatic ring is 1. The second kappa shape index (κ2) is 6.96. The lowest BCUT2D eigenvalue weighted by atomic mass is 10.4. The molecule has 0 radical (unpaired) electrons. The minimum Gasteiger partial charge on any atom is -0.378 e. The van der Waals surface area contributed by atoms with Crippen LogP contribution in [0.2, 0.25) is 0 Å². The van der Waals surface area contributed by atoms with Gasteiger partial charge in [-0.05, 0) is 13.8 Å². The summed E-state index contributed by atoms with van der Waals surface area (Å²) in [6, 6.07) is 1.31. The first-order valence-corrected chi connectivity index (χ1v) is 8.24. The van der Waals surface area contributed by atoms with Gasteiger partial charge in [0.2, 0.25) is 5.65 Å². The van der Waals surface area contributed by atoms with Crippen molar-refractivity contribution in [2.24, 2.45) is 0 Å². The molecule has 0 atom stereocenters. The topological polar surface area (TPSA) is 123 Å². The van der Waals surface area contributed by atoms with Gasteiger partial charge < -0.3 is 10.6 Å². The van der Waals surface area contributed by atoms with Gasteiger partial charge in [-0.15, -0.1) is 0 Å². The number of nitrogens with zero attached hydrogens (tertiary/aromatic N) is 4. The monoisotopic (exact) mass is 356 g/mol. The Hall–Kier alpha value is -2.14. The number of rotatable bonds is 5. The molecule has 9 nitrogen and oxygen atoms in total. The van der Waals surface area contributed by atoms with Gasteiger partial charge in [-0.1, -0.05) is 24.0 Å². The van der Waals surface area contributed by atoms with E-state index in [0.29, 0.717) is 15.8 Å². The predicted molar refractivity (Wildman–Crippen MR) is 93.7 cm³/mol. The Kier molecular flexibility index (Phi) is 5.21. The minimum absolute atomic E-state index is 0.0932. The van der Waals surface area contributed by atoms with Gasteiger partial charge in [0.25, 0.3) is 5.56 Å². The Morgan fingerprint density at radius 2 is 2.22 bits per heavy atom. The summed E-state index contributed by atoms with van der Waals surface area (Å²) >= 11 is 6.68. The van der Waals surface area contributed by atoms with Crippen LogP contribution in [0.3, 0.4) is 0 Å². The largest absolute Gasteiger partial charge is 0.378 e. The number of hydrogen-bond acceptors (Lipinski definition) is 7. The van der Waals surface area contributed by atoms with Gasteiger partial charge in [-0.3, -0.25) is 20.0 Å². The fourth-order valence-electron chi connectivity index (χ4n) is 2.05. The fraction of sp³-hybridized carbons (Fsp3) is 0.417. The van der Waals surface area contributed by atoms with E-state index in [9.17, 15) is 14.9 Å². The molecule has 0 fully saturated rings. The van der Waals surface area contributed by atoms with Gasteiger partial charge in [-0.25, -0.2) is 4.98 Å². The normalized spacial score (nSPS) is 10.9. The number of nitrogens with one attached hydrogen (secondary N) is 1. The van der Waals surface area contributed by atoms with Crippen molar-refractivity contribution >= 4 is 45.5 Å². The highest BCUT2D eigenvalue weighted by Gasteiger charge is 2.23. The summed E-state index contributed by atoms with van der Waals surface area (Å²) in [7, 11) is 0. The van der Waals surface area contributed by atoms with E-state index in [2.05, 4.69) is 10.1 Å². The summed E-state index contributed by atoms with van der Waals surface area (Å²) < 4.78 is 1.66. The van der Waals surface area contributed by atoms with Gasteiger partial charge in [0.05, 0.1) is 10.6 Å². The lowest BCUT2D eigenvalue weighted by Gasteiger charge is -2.20. The average molecular weight is 356 g/mol. The maximum atomic E-state index is 12.0. The minimum atomic E-state index is -0.662. The van der Waals surface area contributed by atoms with Crippen LogP contribution < -0.4 is 11.3 Å². The zero-order valence-corrected chi connectivity index (χ0v) is 14.2.